The van der Waals surface area contributed by atoms with Gasteiger partial charge in [-0.1, -0.05) is 23.2 Å². The zero-order valence-corrected chi connectivity index (χ0v) is 12.5. The van der Waals surface area contributed by atoms with E-state index in [9.17, 15) is 18.0 Å². The molecule has 0 saturated carbocycles. The van der Waals surface area contributed by atoms with Gasteiger partial charge in [0.25, 0.3) is 0 Å². The van der Waals surface area contributed by atoms with Gasteiger partial charge < -0.3 is 4.74 Å². The molecule has 1 N–H and O–H groups in total. The summed E-state index contributed by atoms with van der Waals surface area (Å²) >= 11 is 11.3. The number of aromatic nitrogens is 3. The Bertz CT molecular complexity index is 716. The summed E-state index contributed by atoms with van der Waals surface area (Å²) in [5.74, 6) is -0.814. The normalized spacial score (nSPS) is 11.5. The average molecular weight is 354 g/mol. The third-order valence-electron chi connectivity index (χ3n) is 2.62. The largest absolute Gasteiger partial charge is 0.461 e. The fourth-order valence-corrected chi connectivity index (χ4v) is 2.14. The molecule has 1 aromatic heterocycles. The number of nitrogens with one attached hydrogen (secondary N) is 1. The van der Waals surface area contributed by atoms with Crippen LogP contribution in [0.1, 0.15) is 23.0 Å². The Morgan fingerprint density at radius 3 is 2.59 bits per heavy atom. The van der Waals surface area contributed by atoms with Crippen LogP contribution in [0.2, 0.25) is 10.0 Å². The van der Waals surface area contributed by atoms with Crippen molar-refractivity contribution < 1.29 is 22.7 Å². The van der Waals surface area contributed by atoms with Crippen molar-refractivity contribution in [2.24, 2.45) is 0 Å². The number of hydrogen-bond acceptors (Lipinski definition) is 4. The molecule has 2 aromatic rings. The predicted molar refractivity (Wildman–Crippen MR) is 72.8 cm³/mol. The Kier molecular flexibility index (Phi) is 4.62. The fraction of sp³-hybridized carbons (Fsp3) is 0.250. The van der Waals surface area contributed by atoms with Crippen LogP contribution in [0, 0.1) is 0 Å². The molecule has 2 rings (SSSR count). The van der Waals surface area contributed by atoms with Gasteiger partial charge in [0, 0.05) is 5.56 Å². The molecule has 1 aromatic carbocycles. The maximum Gasteiger partial charge on any atom is 0.417 e. The van der Waals surface area contributed by atoms with Gasteiger partial charge in [-0.15, -0.1) is 5.10 Å². The van der Waals surface area contributed by atoms with E-state index < -0.39 is 22.7 Å². The summed E-state index contributed by atoms with van der Waals surface area (Å²) in [6, 6.07) is 1.91. The van der Waals surface area contributed by atoms with Crippen molar-refractivity contribution in [1.29, 1.82) is 0 Å². The third-order valence-corrected chi connectivity index (χ3v) is 3.43. The van der Waals surface area contributed by atoms with Crippen LogP contribution in [0.25, 0.3) is 11.3 Å². The van der Waals surface area contributed by atoms with Crippen LogP contribution in [-0.4, -0.2) is 28.0 Å². The summed E-state index contributed by atoms with van der Waals surface area (Å²) in [5, 5.41) is 8.49. The Labute approximate surface area is 132 Å². The second kappa shape index (κ2) is 6.13. The smallest absolute Gasteiger partial charge is 0.417 e. The summed E-state index contributed by atoms with van der Waals surface area (Å²) in [7, 11) is 0. The number of H-pyrrole nitrogens is 1. The first-order valence-corrected chi connectivity index (χ1v) is 6.65. The number of carbonyl (C=O) groups is 1. The number of hydrogen-bond donors (Lipinski definition) is 1. The molecule has 0 aliphatic heterocycles. The lowest BCUT2D eigenvalue weighted by atomic mass is 10.1. The summed E-state index contributed by atoms with van der Waals surface area (Å²) in [4.78, 5) is 11.7. The first-order valence-electron chi connectivity index (χ1n) is 5.90. The summed E-state index contributed by atoms with van der Waals surface area (Å²) in [6.07, 6.45) is -4.70. The van der Waals surface area contributed by atoms with Crippen LogP contribution in [0.15, 0.2) is 12.1 Å². The zero-order chi connectivity index (χ0) is 16.5. The molecule has 0 amide bonds. The van der Waals surface area contributed by atoms with Gasteiger partial charge in [-0.2, -0.15) is 23.5 Å². The van der Waals surface area contributed by atoms with Crippen LogP contribution < -0.4 is 0 Å². The maximum absolute atomic E-state index is 13.0. The van der Waals surface area contributed by atoms with Crippen molar-refractivity contribution in [3.05, 3.63) is 33.4 Å². The SMILES string of the molecule is CCOC(=O)c1n[nH]nc1-c1cc(Cl)c(Cl)c(C(F)(F)F)c1. The van der Waals surface area contributed by atoms with Crippen LogP contribution in [0.5, 0.6) is 0 Å². The molecule has 0 bridgehead atoms. The molecule has 0 unspecified atom stereocenters. The van der Waals surface area contributed by atoms with Gasteiger partial charge >= 0.3 is 12.1 Å². The quantitative estimate of drug-likeness (QED) is 0.847. The van der Waals surface area contributed by atoms with Crippen molar-refractivity contribution in [1.82, 2.24) is 15.4 Å². The average Bonchev–Trinajstić information content (AvgIpc) is 2.90. The van der Waals surface area contributed by atoms with E-state index >= 15 is 0 Å². The summed E-state index contributed by atoms with van der Waals surface area (Å²) in [6.45, 7) is 1.67. The molecule has 22 heavy (non-hydrogen) atoms. The number of rotatable bonds is 3. The maximum atomic E-state index is 13.0. The topological polar surface area (TPSA) is 67.9 Å². The number of benzene rings is 1. The number of aromatic amines is 1. The minimum absolute atomic E-state index is 0.0569. The molecule has 0 aliphatic carbocycles. The van der Waals surface area contributed by atoms with Gasteiger partial charge in [-0.3, -0.25) is 0 Å². The number of alkyl halides is 3. The Balaban J connectivity index is 2.58. The predicted octanol–water partition coefficient (Wildman–Crippen LogP) is 3.97. The highest BCUT2D eigenvalue weighted by Gasteiger charge is 2.35. The minimum atomic E-state index is -4.70. The fourth-order valence-electron chi connectivity index (χ4n) is 1.71. The summed E-state index contributed by atoms with van der Waals surface area (Å²) < 4.78 is 43.6. The molecule has 118 valence electrons. The second-order valence-corrected chi connectivity index (χ2v) is 4.84. The van der Waals surface area contributed by atoms with E-state index in [-0.39, 0.29) is 28.6 Å². The molecule has 0 atom stereocenters. The lowest BCUT2D eigenvalue weighted by molar-refractivity contribution is -0.137. The molecule has 1 heterocycles. The Hall–Kier alpha value is -1.80. The van der Waals surface area contributed by atoms with Crippen LogP contribution in [0.4, 0.5) is 13.2 Å². The molecule has 0 saturated heterocycles. The van der Waals surface area contributed by atoms with Crippen LogP contribution >= 0.6 is 23.2 Å². The molecule has 10 heteroatoms. The van der Waals surface area contributed by atoms with Crippen molar-refractivity contribution in [3.8, 4) is 11.3 Å². The first-order chi connectivity index (χ1) is 10.3. The Morgan fingerprint density at radius 2 is 2.00 bits per heavy atom. The number of carbonyl (C=O) groups excluding carboxylic acids is 1. The standard InChI is InChI=1S/C12H8Cl2F3N3O2/c1-2-22-11(21)10-9(18-20-19-10)5-3-6(12(15,16)17)8(14)7(13)4-5/h3-4H,2H2,1H3,(H,18,19,20). The highest BCUT2D eigenvalue weighted by molar-refractivity contribution is 6.42. The van der Waals surface area contributed by atoms with Gasteiger partial charge in [0.15, 0.2) is 5.69 Å². The highest BCUT2D eigenvalue weighted by Crippen LogP contribution is 2.41. The number of ether oxygens (including phenoxy) is 1. The van der Waals surface area contributed by atoms with Gasteiger partial charge in [0.05, 0.1) is 22.2 Å². The molecular formula is C12H8Cl2F3N3O2. The lowest BCUT2D eigenvalue weighted by Gasteiger charge is -2.12. The highest BCUT2D eigenvalue weighted by atomic mass is 35.5. The molecule has 5 nitrogen and oxygen atoms in total. The Morgan fingerprint density at radius 1 is 1.32 bits per heavy atom. The number of nitrogens with zero attached hydrogens (tertiary/aromatic N) is 2. The van der Waals surface area contributed by atoms with Crippen molar-refractivity contribution in [2.45, 2.75) is 13.1 Å². The van der Waals surface area contributed by atoms with E-state index in [1.165, 1.54) is 6.07 Å². The van der Waals surface area contributed by atoms with E-state index in [0.717, 1.165) is 6.07 Å². The molecule has 0 aliphatic rings. The molecule has 0 radical (unpaired) electrons. The minimum Gasteiger partial charge on any atom is -0.461 e. The van der Waals surface area contributed by atoms with E-state index in [4.69, 9.17) is 27.9 Å². The third kappa shape index (κ3) is 3.17. The second-order valence-electron chi connectivity index (χ2n) is 4.06. The van der Waals surface area contributed by atoms with Crippen molar-refractivity contribution >= 4 is 29.2 Å². The van der Waals surface area contributed by atoms with E-state index in [2.05, 4.69) is 15.4 Å². The van der Waals surface area contributed by atoms with Gasteiger partial charge in [0.1, 0.15) is 5.69 Å². The monoisotopic (exact) mass is 353 g/mol. The van der Waals surface area contributed by atoms with E-state index in [0.29, 0.717) is 0 Å². The number of halogens is 5. The molecule has 0 fully saturated rings. The van der Waals surface area contributed by atoms with E-state index in [1.807, 2.05) is 0 Å². The molecule has 0 spiro atoms. The summed E-state index contributed by atoms with van der Waals surface area (Å²) in [5.41, 5.74) is -1.54. The van der Waals surface area contributed by atoms with Crippen LogP contribution in [0.3, 0.4) is 0 Å². The van der Waals surface area contributed by atoms with Crippen LogP contribution in [-0.2, 0) is 10.9 Å². The van der Waals surface area contributed by atoms with E-state index in [1.54, 1.807) is 6.92 Å². The van der Waals surface area contributed by atoms with Crippen molar-refractivity contribution in [3.63, 3.8) is 0 Å². The van der Waals surface area contributed by atoms with Gasteiger partial charge in [-0.05, 0) is 19.1 Å². The van der Waals surface area contributed by atoms with Crippen molar-refractivity contribution in [2.75, 3.05) is 6.61 Å². The zero-order valence-electron chi connectivity index (χ0n) is 11.0. The molecular weight excluding hydrogens is 346 g/mol. The first kappa shape index (κ1) is 16.6. The van der Waals surface area contributed by atoms with Gasteiger partial charge in [0.2, 0.25) is 0 Å². The van der Waals surface area contributed by atoms with Gasteiger partial charge in [-0.25, -0.2) is 4.79 Å². The number of esters is 1. The lowest BCUT2D eigenvalue weighted by Crippen LogP contribution is -2.08.